The zero-order chi connectivity index (χ0) is 6.43. The summed E-state index contributed by atoms with van der Waals surface area (Å²) in [4.78, 5) is 10.3. The number of hydrogen-bond donors (Lipinski definition) is 2. The average molecular weight is 127 g/mol. The van der Waals surface area contributed by atoms with Crippen molar-refractivity contribution in [3.05, 3.63) is 0 Å². The molecule has 1 aliphatic carbocycles. The Balaban J connectivity index is 2.02. The SMILES string of the molecule is O=C(O)C1[C@H]2CNC[C@H]12. The molecule has 2 aliphatic rings. The Kier molecular flexibility index (Phi) is 0.858. The van der Waals surface area contributed by atoms with Crippen molar-refractivity contribution in [2.45, 2.75) is 0 Å². The lowest BCUT2D eigenvalue weighted by atomic mass is 10.3. The summed E-state index contributed by atoms with van der Waals surface area (Å²) in [6.07, 6.45) is 0. The van der Waals surface area contributed by atoms with Crippen molar-refractivity contribution in [1.82, 2.24) is 5.32 Å². The maximum absolute atomic E-state index is 10.3. The Bertz CT molecular complexity index is 147. The Morgan fingerprint density at radius 1 is 1.44 bits per heavy atom. The van der Waals surface area contributed by atoms with Crippen molar-refractivity contribution in [1.29, 1.82) is 0 Å². The van der Waals surface area contributed by atoms with Crippen molar-refractivity contribution in [3.8, 4) is 0 Å². The predicted molar refractivity (Wildman–Crippen MR) is 31.0 cm³/mol. The zero-order valence-electron chi connectivity index (χ0n) is 5.00. The molecule has 2 rings (SSSR count). The van der Waals surface area contributed by atoms with E-state index < -0.39 is 5.97 Å². The summed E-state index contributed by atoms with van der Waals surface area (Å²) >= 11 is 0. The molecule has 2 N–H and O–H groups in total. The molecule has 0 aromatic heterocycles. The van der Waals surface area contributed by atoms with Crippen LogP contribution in [0.5, 0.6) is 0 Å². The second-order valence-corrected chi connectivity index (χ2v) is 2.85. The minimum Gasteiger partial charge on any atom is -0.481 e. The number of carbonyl (C=O) groups is 1. The number of carboxylic acid groups (broad SMARTS) is 1. The summed E-state index contributed by atoms with van der Waals surface area (Å²) in [7, 11) is 0. The van der Waals surface area contributed by atoms with Crippen molar-refractivity contribution >= 4 is 5.97 Å². The normalized spacial score (nSPS) is 46.4. The van der Waals surface area contributed by atoms with Crippen molar-refractivity contribution in [2.24, 2.45) is 17.8 Å². The van der Waals surface area contributed by atoms with E-state index in [1.165, 1.54) is 0 Å². The number of piperidine rings is 1. The van der Waals surface area contributed by atoms with Crippen LogP contribution in [-0.4, -0.2) is 24.2 Å². The Morgan fingerprint density at radius 2 is 2.00 bits per heavy atom. The molecule has 0 amide bonds. The van der Waals surface area contributed by atoms with Gasteiger partial charge >= 0.3 is 5.97 Å². The third kappa shape index (κ3) is 0.580. The smallest absolute Gasteiger partial charge is 0.307 e. The van der Waals surface area contributed by atoms with Gasteiger partial charge in [0.2, 0.25) is 0 Å². The van der Waals surface area contributed by atoms with Crippen LogP contribution in [0.3, 0.4) is 0 Å². The first-order valence-electron chi connectivity index (χ1n) is 3.24. The van der Waals surface area contributed by atoms with Crippen molar-refractivity contribution in [2.75, 3.05) is 13.1 Å². The fourth-order valence-corrected chi connectivity index (χ4v) is 1.78. The molecule has 0 aromatic rings. The first-order valence-corrected chi connectivity index (χ1v) is 3.24. The first-order chi connectivity index (χ1) is 4.30. The van der Waals surface area contributed by atoms with E-state index in [1.54, 1.807) is 0 Å². The molecule has 0 bridgehead atoms. The summed E-state index contributed by atoms with van der Waals surface area (Å²) in [6.45, 7) is 1.84. The monoisotopic (exact) mass is 127 g/mol. The van der Waals surface area contributed by atoms with Gasteiger partial charge in [-0.15, -0.1) is 0 Å². The Hall–Kier alpha value is -0.570. The highest BCUT2D eigenvalue weighted by Gasteiger charge is 2.57. The van der Waals surface area contributed by atoms with Crippen LogP contribution in [0.4, 0.5) is 0 Å². The number of aliphatic carboxylic acids is 1. The van der Waals surface area contributed by atoms with Crippen LogP contribution in [-0.2, 0) is 4.79 Å². The number of fused-ring (bicyclic) bond motifs is 1. The number of hydrogen-bond acceptors (Lipinski definition) is 2. The first kappa shape index (κ1) is 5.23. The molecule has 9 heavy (non-hydrogen) atoms. The van der Waals surface area contributed by atoms with E-state index in [0.29, 0.717) is 11.8 Å². The lowest BCUT2D eigenvalue weighted by Gasteiger charge is -1.96. The van der Waals surface area contributed by atoms with Crippen LogP contribution < -0.4 is 5.32 Å². The van der Waals surface area contributed by atoms with E-state index in [2.05, 4.69) is 5.32 Å². The van der Waals surface area contributed by atoms with Gasteiger partial charge in [0.15, 0.2) is 0 Å². The van der Waals surface area contributed by atoms with Gasteiger partial charge in [-0.25, -0.2) is 0 Å². The third-order valence-electron chi connectivity index (χ3n) is 2.38. The van der Waals surface area contributed by atoms with Crippen molar-refractivity contribution in [3.63, 3.8) is 0 Å². The summed E-state index contributed by atoms with van der Waals surface area (Å²) < 4.78 is 0. The predicted octanol–water partition coefficient (Wildman–Crippen LogP) is -0.464. The lowest BCUT2D eigenvalue weighted by Crippen LogP contribution is -2.18. The molecule has 1 heterocycles. The second-order valence-electron chi connectivity index (χ2n) is 2.85. The summed E-state index contributed by atoms with van der Waals surface area (Å²) in [5, 5.41) is 11.7. The minimum absolute atomic E-state index is 0.00810. The van der Waals surface area contributed by atoms with Crippen LogP contribution in [0.2, 0.25) is 0 Å². The van der Waals surface area contributed by atoms with E-state index >= 15 is 0 Å². The summed E-state index contributed by atoms with van der Waals surface area (Å²) in [5.41, 5.74) is 0. The Morgan fingerprint density at radius 3 is 2.33 bits per heavy atom. The van der Waals surface area contributed by atoms with Gasteiger partial charge in [-0.2, -0.15) is 0 Å². The summed E-state index contributed by atoms with van der Waals surface area (Å²) in [6, 6.07) is 0. The molecule has 0 aromatic carbocycles. The molecule has 1 saturated heterocycles. The largest absolute Gasteiger partial charge is 0.481 e. The van der Waals surface area contributed by atoms with E-state index in [1.807, 2.05) is 0 Å². The molecule has 0 unspecified atom stereocenters. The number of nitrogens with one attached hydrogen (secondary N) is 1. The van der Waals surface area contributed by atoms with Crippen molar-refractivity contribution < 1.29 is 9.90 Å². The molecule has 2 atom stereocenters. The zero-order valence-corrected chi connectivity index (χ0v) is 5.00. The van der Waals surface area contributed by atoms with Gasteiger partial charge in [0.25, 0.3) is 0 Å². The fraction of sp³-hybridized carbons (Fsp3) is 0.833. The van der Waals surface area contributed by atoms with Gasteiger partial charge in [0.05, 0.1) is 5.92 Å². The van der Waals surface area contributed by atoms with Gasteiger partial charge < -0.3 is 10.4 Å². The van der Waals surface area contributed by atoms with E-state index in [9.17, 15) is 4.79 Å². The topological polar surface area (TPSA) is 49.3 Å². The maximum atomic E-state index is 10.3. The second kappa shape index (κ2) is 1.48. The van der Waals surface area contributed by atoms with E-state index in [-0.39, 0.29) is 5.92 Å². The number of rotatable bonds is 1. The molecule has 1 aliphatic heterocycles. The van der Waals surface area contributed by atoms with Crippen LogP contribution in [0.15, 0.2) is 0 Å². The van der Waals surface area contributed by atoms with E-state index in [0.717, 1.165) is 13.1 Å². The molecular formula is C6H9NO2. The quantitative estimate of drug-likeness (QED) is 0.501. The fourth-order valence-electron chi connectivity index (χ4n) is 1.78. The van der Waals surface area contributed by atoms with Crippen LogP contribution >= 0.6 is 0 Å². The van der Waals surface area contributed by atoms with Crippen LogP contribution in [0.25, 0.3) is 0 Å². The van der Waals surface area contributed by atoms with Gasteiger partial charge in [-0.05, 0) is 24.9 Å². The van der Waals surface area contributed by atoms with Crippen LogP contribution in [0, 0.1) is 17.8 Å². The molecule has 2 fully saturated rings. The lowest BCUT2D eigenvalue weighted by molar-refractivity contribution is -0.139. The van der Waals surface area contributed by atoms with Gasteiger partial charge in [0, 0.05) is 0 Å². The molecule has 3 heteroatoms. The number of carboxylic acids is 1. The standard InChI is InChI=1S/C6H9NO2/c8-6(9)5-3-1-7-2-4(3)5/h3-5,7H,1-2H2,(H,8,9)/t3-,4-/m0/s1. The maximum Gasteiger partial charge on any atom is 0.307 e. The molecular weight excluding hydrogens is 118 g/mol. The highest BCUT2D eigenvalue weighted by molar-refractivity contribution is 5.74. The molecule has 50 valence electrons. The molecule has 1 saturated carbocycles. The van der Waals surface area contributed by atoms with E-state index in [4.69, 9.17) is 5.11 Å². The van der Waals surface area contributed by atoms with Gasteiger partial charge in [0.1, 0.15) is 0 Å². The van der Waals surface area contributed by atoms with Gasteiger partial charge in [-0.3, -0.25) is 4.79 Å². The average Bonchev–Trinajstić information content (AvgIpc) is 2.30. The molecule has 3 nitrogen and oxygen atoms in total. The van der Waals surface area contributed by atoms with Gasteiger partial charge in [-0.1, -0.05) is 0 Å². The Labute approximate surface area is 53.1 Å². The molecule has 0 radical (unpaired) electrons. The summed E-state index contributed by atoms with van der Waals surface area (Å²) in [5.74, 6) is 0.308. The highest BCUT2D eigenvalue weighted by atomic mass is 16.4. The molecule has 0 spiro atoms. The third-order valence-corrected chi connectivity index (χ3v) is 2.38. The minimum atomic E-state index is -0.605. The highest BCUT2D eigenvalue weighted by Crippen LogP contribution is 2.48. The van der Waals surface area contributed by atoms with Crippen LogP contribution in [0.1, 0.15) is 0 Å².